The van der Waals surface area contributed by atoms with E-state index in [2.05, 4.69) is 21.2 Å². The molecule has 1 atom stereocenters. The van der Waals surface area contributed by atoms with E-state index in [-0.39, 0.29) is 11.9 Å². The molecule has 1 aromatic rings. The van der Waals surface area contributed by atoms with Crippen molar-refractivity contribution >= 4 is 21.8 Å². The molecule has 0 spiro atoms. The Bertz CT molecular complexity index is 558. The summed E-state index contributed by atoms with van der Waals surface area (Å²) >= 11 is 3.51. The number of amides is 1. The summed E-state index contributed by atoms with van der Waals surface area (Å²) in [5, 5.41) is 2.96. The van der Waals surface area contributed by atoms with E-state index >= 15 is 0 Å². The van der Waals surface area contributed by atoms with Gasteiger partial charge in [0.2, 0.25) is 5.91 Å². The Morgan fingerprint density at radius 1 is 1.35 bits per heavy atom. The minimum atomic E-state index is -0.658. The Labute approximate surface area is 125 Å². The number of nitrogens with one attached hydrogen (secondary N) is 1. The monoisotopic (exact) mass is 340 g/mol. The van der Waals surface area contributed by atoms with Crippen molar-refractivity contribution in [1.29, 1.82) is 0 Å². The molecule has 1 aliphatic carbocycles. The fourth-order valence-corrected chi connectivity index (χ4v) is 2.86. The van der Waals surface area contributed by atoms with Crippen LogP contribution < -0.4 is 20.5 Å². The maximum Gasteiger partial charge on any atom is 0.240 e. The van der Waals surface area contributed by atoms with Gasteiger partial charge in [0.1, 0.15) is 13.2 Å². The highest BCUT2D eigenvalue weighted by Crippen LogP contribution is 2.38. The third-order valence-corrected chi connectivity index (χ3v) is 4.40. The minimum absolute atomic E-state index is 0.0909. The SMILES string of the molecule is CC(NC(=O)C1(N)CC1)c1cc2c(cc1Br)OCCO2. The molecule has 108 valence electrons. The second-order valence-corrected chi connectivity index (χ2v) is 6.22. The van der Waals surface area contributed by atoms with Gasteiger partial charge in [-0.1, -0.05) is 15.9 Å². The first kappa shape index (κ1) is 13.7. The zero-order valence-electron chi connectivity index (χ0n) is 11.2. The van der Waals surface area contributed by atoms with Crippen LogP contribution in [0.15, 0.2) is 16.6 Å². The van der Waals surface area contributed by atoms with Crippen LogP contribution >= 0.6 is 15.9 Å². The Balaban J connectivity index is 1.80. The lowest BCUT2D eigenvalue weighted by Crippen LogP contribution is -2.43. The van der Waals surface area contributed by atoms with Gasteiger partial charge in [-0.2, -0.15) is 0 Å². The van der Waals surface area contributed by atoms with Crippen LogP contribution in [0.2, 0.25) is 0 Å². The molecule has 5 nitrogen and oxygen atoms in total. The predicted octanol–water partition coefficient (Wildman–Crippen LogP) is 1.89. The third kappa shape index (κ3) is 2.50. The van der Waals surface area contributed by atoms with Gasteiger partial charge < -0.3 is 20.5 Å². The quantitative estimate of drug-likeness (QED) is 0.881. The van der Waals surface area contributed by atoms with Gasteiger partial charge in [0.15, 0.2) is 11.5 Å². The number of rotatable bonds is 3. The first-order chi connectivity index (χ1) is 9.49. The smallest absolute Gasteiger partial charge is 0.240 e. The van der Waals surface area contributed by atoms with E-state index in [1.165, 1.54) is 0 Å². The summed E-state index contributed by atoms with van der Waals surface area (Å²) in [7, 11) is 0. The molecule has 6 heteroatoms. The van der Waals surface area contributed by atoms with Crippen LogP contribution in [0.1, 0.15) is 31.4 Å². The number of nitrogens with two attached hydrogens (primary N) is 1. The van der Waals surface area contributed by atoms with Gasteiger partial charge in [0, 0.05) is 4.47 Å². The van der Waals surface area contributed by atoms with Crippen LogP contribution in [0, 0.1) is 0 Å². The van der Waals surface area contributed by atoms with Crippen molar-refractivity contribution in [2.75, 3.05) is 13.2 Å². The van der Waals surface area contributed by atoms with Gasteiger partial charge in [-0.25, -0.2) is 0 Å². The summed E-state index contributed by atoms with van der Waals surface area (Å²) in [6, 6.07) is 3.63. The molecule has 0 aromatic heterocycles. The summed E-state index contributed by atoms with van der Waals surface area (Å²) in [6.07, 6.45) is 1.52. The van der Waals surface area contributed by atoms with Crippen LogP contribution in [-0.2, 0) is 4.79 Å². The Hall–Kier alpha value is -1.27. The number of fused-ring (bicyclic) bond motifs is 1. The average molecular weight is 341 g/mol. The average Bonchev–Trinajstić information content (AvgIpc) is 3.17. The molecular weight excluding hydrogens is 324 g/mol. The molecule has 0 radical (unpaired) electrons. The van der Waals surface area contributed by atoms with Crippen molar-refractivity contribution in [1.82, 2.24) is 5.32 Å². The standard InChI is InChI=1S/C14H17BrN2O3/c1-8(17-13(18)14(16)2-3-14)9-6-11-12(7-10(9)15)20-5-4-19-11/h6-8H,2-5,16H2,1H3,(H,17,18). The lowest BCUT2D eigenvalue weighted by Gasteiger charge is -2.23. The normalized spacial score (nSPS) is 20.1. The van der Waals surface area contributed by atoms with Crippen LogP contribution in [-0.4, -0.2) is 24.7 Å². The topological polar surface area (TPSA) is 73.6 Å². The van der Waals surface area contributed by atoms with E-state index in [1.807, 2.05) is 19.1 Å². The molecule has 1 amide bonds. The Morgan fingerprint density at radius 3 is 2.55 bits per heavy atom. The first-order valence-corrected chi connectivity index (χ1v) is 7.48. The maximum atomic E-state index is 12.0. The summed E-state index contributed by atoms with van der Waals surface area (Å²) in [4.78, 5) is 12.0. The van der Waals surface area contributed by atoms with Gasteiger partial charge in [-0.3, -0.25) is 4.79 Å². The molecule has 2 aliphatic rings. The first-order valence-electron chi connectivity index (χ1n) is 6.68. The molecule has 1 aromatic carbocycles. The number of hydrogen-bond acceptors (Lipinski definition) is 4. The number of ether oxygens (including phenoxy) is 2. The van der Waals surface area contributed by atoms with Crippen LogP contribution in [0.5, 0.6) is 11.5 Å². The Kier molecular flexibility index (Phi) is 3.38. The highest BCUT2D eigenvalue weighted by Gasteiger charge is 2.46. The van der Waals surface area contributed by atoms with E-state index in [1.54, 1.807) is 0 Å². The van der Waals surface area contributed by atoms with Gasteiger partial charge in [-0.15, -0.1) is 0 Å². The van der Waals surface area contributed by atoms with Crippen molar-refractivity contribution in [3.05, 3.63) is 22.2 Å². The molecule has 1 heterocycles. The summed E-state index contributed by atoms with van der Waals surface area (Å²) < 4.78 is 12.0. The number of carbonyl (C=O) groups is 1. The molecule has 0 bridgehead atoms. The highest BCUT2D eigenvalue weighted by atomic mass is 79.9. The predicted molar refractivity (Wildman–Crippen MR) is 77.8 cm³/mol. The molecule has 20 heavy (non-hydrogen) atoms. The van der Waals surface area contributed by atoms with Crippen LogP contribution in [0.3, 0.4) is 0 Å². The van der Waals surface area contributed by atoms with E-state index < -0.39 is 5.54 Å². The minimum Gasteiger partial charge on any atom is -0.486 e. The third-order valence-electron chi connectivity index (χ3n) is 3.72. The summed E-state index contributed by atoms with van der Waals surface area (Å²) in [5.41, 5.74) is 6.19. The molecular formula is C14H17BrN2O3. The second kappa shape index (κ2) is 4.93. The van der Waals surface area contributed by atoms with Crippen molar-refractivity contribution in [2.45, 2.75) is 31.3 Å². The summed E-state index contributed by atoms with van der Waals surface area (Å²) in [5.74, 6) is 1.35. The molecule has 1 aliphatic heterocycles. The fourth-order valence-electron chi connectivity index (χ4n) is 2.19. The van der Waals surface area contributed by atoms with Gasteiger partial charge in [0.25, 0.3) is 0 Å². The highest BCUT2D eigenvalue weighted by molar-refractivity contribution is 9.10. The molecule has 1 unspecified atom stereocenters. The Morgan fingerprint density at radius 2 is 1.95 bits per heavy atom. The molecule has 1 saturated carbocycles. The van der Waals surface area contributed by atoms with E-state index in [4.69, 9.17) is 15.2 Å². The fraction of sp³-hybridized carbons (Fsp3) is 0.500. The van der Waals surface area contributed by atoms with Crippen molar-refractivity contribution in [3.8, 4) is 11.5 Å². The molecule has 3 rings (SSSR count). The van der Waals surface area contributed by atoms with Crippen molar-refractivity contribution < 1.29 is 14.3 Å². The lowest BCUT2D eigenvalue weighted by atomic mass is 10.1. The number of hydrogen-bond donors (Lipinski definition) is 2. The molecule has 3 N–H and O–H groups in total. The largest absolute Gasteiger partial charge is 0.486 e. The molecule has 0 saturated heterocycles. The zero-order valence-corrected chi connectivity index (χ0v) is 12.8. The van der Waals surface area contributed by atoms with Crippen LogP contribution in [0.25, 0.3) is 0 Å². The lowest BCUT2D eigenvalue weighted by molar-refractivity contribution is -0.123. The number of halogens is 1. The van der Waals surface area contributed by atoms with E-state index in [0.29, 0.717) is 19.0 Å². The molecule has 1 fully saturated rings. The van der Waals surface area contributed by atoms with Gasteiger partial charge in [0.05, 0.1) is 11.6 Å². The van der Waals surface area contributed by atoms with E-state index in [9.17, 15) is 4.79 Å². The van der Waals surface area contributed by atoms with Crippen molar-refractivity contribution in [3.63, 3.8) is 0 Å². The van der Waals surface area contributed by atoms with Gasteiger partial charge in [-0.05, 0) is 37.5 Å². The number of benzene rings is 1. The van der Waals surface area contributed by atoms with Gasteiger partial charge >= 0.3 is 0 Å². The van der Waals surface area contributed by atoms with Crippen LogP contribution in [0.4, 0.5) is 0 Å². The summed E-state index contributed by atoms with van der Waals surface area (Å²) in [6.45, 7) is 3.03. The van der Waals surface area contributed by atoms with E-state index in [0.717, 1.165) is 28.6 Å². The van der Waals surface area contributed by atoms with Crippen molar-refractivity contribution in [2.24, 2.45) is 5.73 Å². The zero-order chi connectivity index (χ0) is 14.3. The maximum absolute atomic E-state index is 12.0. The number of carbonyl (C=O) groups excluding carboxylic acids is 1. The second-order valence-electron chi connectivity index (χ2n) is 5.37.